The number of aryl methyl sites for hydroxylation is 1. The van der Waals surface area contributed by atoms with Gasteiger partial charge in [0.15, 0.2) is 0 Å². The van der Waals surface area contributed by atoms with E-state index in [0.29, 0.717) is 11.8 Å². The van der Waals surface area contributed by atoms with Crippen LogP contribution in [0.1, 0.15) is 15.9 Å². The van der Waals surface area contributed by atoms with Gasteiger partial charge < -0.3 is 0 Å². The maximum atomic E-state index is 12.7. The van der Waals surface area contributed by atoms with Crippen molar-refractivity contribution in [3.05, 3.63) is 79.4 Å². The minimum absolute atomic E-state index is 0.0816. The molecule has 120 valence electrons. The summed E-state index contributed by atoms with van der Waals surface area (Å²) < 4.78 is 25.3. The van der Waals surface area contributed by atoms with E-state index in [0.717, 1.165) is 24.3 Å². The molecule has 0 amide bonds. The average molecular weight is 324 g/mol. The first kappa shape index (κ1) is 17.8. The van der Waals surface area contributed by atoms with Crippen molar-refractivity contribution in [3.8, 4) is 0 Å². The molecule has 2 aromatic carbocycles. The highest BCUT2D eigenvalue weighted by atomic mass is 19.1. The maximum absolute atomic E-state index is 12.7. The highest BCUT2D eigenvalue weighted by Gasteiger charge is 2.13. The molecule has 23 heavy (non-hydrogen) atoms. The van der Waals surface area contributed by atoms with E-state index in [1.54, 1.807) is 6.92 Å². The van der Waals surface area contributed by atoms with Crippen LogP contribution in [0.25, 0.3) is 0 Å². The van der Waals surface area contributed by atoms with Gasteiger partial charge in [-0.15, -0.1) is 0 Å². The Morgan fingerprint density at radius 1 is 0.913 bits per heavy atom. The van der Waals surface area contributed by atoms with Crippen LogP contribution >= 0.6 is 0 Å². The molecule has 0 radical (unpaired) electrons. The van der Waals surface area contributed by atoms with Crippen molar-refractivity contribution in [2.24, 2.45) is 0 Å². The van der Waals surface area contributed by atoms with Gasteiger partial charge in [-0.1, -0.05) is 6.07 Å². The van der Waals surface area contributed by atoms with E-state index in [1.165, 1.54) is 12.1 Å². The molecule has 0 aliphatic rings. The van der Waals surface area contributed by atoms with Gasteiger partial charge in [0.2, 0.25) is 11.6 Å². The fraction of sp³-hybridized carbons (Fsp3) is 0.0714. The molecule has 9 heteroatoms. The zero-order valence-electron chi connectivity index (χ0n) is 11.7. The Morgan fingerprint density at radius 3 is 1.78 bits per heavy atom. The molecule has 7 nitrogen and oxygen atoms in total. The SMILES string of the molecule is Cc1ccc([N+](=O)[O-])c(F)c1.O=Cc1ccc([N+](=O)[O-])c(F)c1. The number of aldehydes is 1. The average Bonchev–Trinajstić information content (AvgIpc) is 2.46. The van der Waals surface area contributed by atoms with Gasteiger partial charge in [-0.2, -0.15) is 8.78 Å². The van der Waals surface area contributed by atoms with Crippen molar-refractivity contribution in [2.45, 2.75) is 6.92 Å². The lowest BCUT2D eigenvalue weighted by molar-refractivity contribution is -0.387. The lowest BCUT2D eigenvalue weighted by Crippen LogP contribution is -1.93. The minimum Gasteiger partial charge on any atom is -0.298 e. The number of benzene rings is 2. The summed E-state index contributed by atoms with van der Waals surface area (Å²) in [5, 5.41) is 20.2. The Kier molecular flexibility index (Phi) is 5.95. The first-order valence-electron chi connectivity index (χ1n) is 6.06. The van der Waals surface area contributed by atoms with Crippen molar-refractivity contribution in [1.82, 2.24) is 0 Å². The fourth-order valence-corrected chi connectivity index (χ4v) is 1.50. The molecule has 0 saturated heterocycles. The number of nitro groups is 2. The van der Waals surface area contributed by atoms with E-state index in [4.69, 9.17) is 0 Å². The van der Waals surface area contributed by atoms with Crippen molar-refractivity contribution < 1.29 is 23.4 Å². The summed E-state index contributed by atoms with van der Waals surface area (Å²) in [6.45, 7) is 1.67. The van der Waals surface area contributed by atoms with Crippen LogP contribution in [-0.2, 0) is 0 Å². The van der Waals surface area contributed by atoms with E-state index in [2.05, 4.69) is 0 Å². The molecule has 0 saturated carbocycles. The Hall–Kier alpha value is -3.23. The lowest BCUT2D eigenvalue weighted by Gasteiger charge is -1.93. The largest absolute Gasteiger partial charge is 0.304 e. The normalized spacial score (nSPS) is 9.52. The Balaban J connectivity index is 0.000000231. The number of rotatable bonds is 3. The van der Waals surface area contributed by atoms with Gasteiger partial charge in [0.25, 0.3) is 0 Å². The molecule has 0 N–H and O–H groups in total. The van der Waals surface area contributed by atoms with Crippen LogP contribution in [0.2, 0.25) is 0 Å². The molecule has 0 unspecified atom stereocenters. The zero-order valence-corrected chi connectivity index (χ0v) is 11.7. The smallest absolute Gasteiger partial charge is 0.298 e. The molecule has 0 spiro atoms. The maximum Gasteiger partial charge on any atom is 0.304 e. The fourth-order valence-electron chi connectivity index (χ4n) is 1.50. The summed E-state index contributed by atoms with van der Waals surface area (Å²) in [6, 6.07) is 6.77. The number of hydrogen-bond acceptors (Lipinski definition) is 5. The highest BCUT2D eigenvalue weighted by molar-refractivity contribution is 5.75. The third kappa shape index (κ3) is 4.92. The van der Waals surface area contributed by atoms with Crippen molar-refractivity contribution in [3.63, 3.8) is 0 Å². The minimum atomic E-state index is -0.996. The summed E-state index contributed by atoms with van der Waals surface area (Å²) in [6.07, 6.45) is 0.423. The predicted octanol–water partition coefficient (Wildman–Crippen LogP) is 3.59. The number of halogens is 2. The molecular weight excluding hydrogens is 314 g/mol. The molecular formula is C14H10F2N2O5. The second kappa shape index (κ2) is 7.69. The topological polar surface area (TPSA) is 103 Å². The van der Waals surface area contributed by atoms with E-state index in [9.17, 15) is 33.8 Å². The Labute approximate surface area is 128 Å². The predicted molar refractivity (Wildman–Crippen MR) is 76.2 cm³/mol. The number of carbonyl (C=O) groups is 1. The van der Waals surface area contributed by atoms with Crippen LogP contribution in [0.3, 0.4) is 0 Å². The number of carbonyl (C=O) groups excluding carboxylic acids is 1. The number of nitro benzene ring substituents is 2. The number of hydrogen-bond donors (Lipinski definition) is 0. The van der Waals surface area contributed by atoms with Crippen LogP contribution in [0, 0.1) is 38.8 Å². The molecule has 0 aliphatic carbocycles. The molecule has 2 aromatic rings. The monoisotopic (exact) mass is 324 g/mol. The zero-order chi connectivity index (χ0) is 17.6. The molecule has 2 rings (SSSR count). The third-order valence-electron chi connectivity index (χ3n) is 2.60. The lowest BCUT2D eigenvalue weighted by atomic mass is 10.2. The van der Waals surface area contributed by atoms with Crippen molar-refractivity contribution >= 4 is 17.7 Å². The van der Waals surface area contributed by atoms with Gasteiger partial charge in [-0.05, 0) is 30.7 Å². The second-order valence-electron chi connectivity index (χ2n) is 4.30. The molecule has 0 heterocycles. The third-order valence-corrected chi connectivity index (χ3v) is 2.60. The summed E-state index contributed by atoms with van der Waals surface area (Å²) in [4.78, 5) is 28.7. The van der Waals surface area contributed by atoms with Crippen LogP contribution in [0.4, 0.5) is 20.2 Å². The molecule has 0 aromatic heterocycles. The van der Waals surface area contributed by atoms with Gasteiger partial charge in [0.1, 0.15) is 6.29 Å². The summed E-state index contributed by atoms with van der Waals surface area (Å²) in [7, 11) is 0. The first-order chi connectivity index (χ1) is 10.8. The van der Waals surface area contributed by atoms with Crippen molar-refractivity contribution in [2.75, 3.05) is 0 Å². The van der Waals surface area contributed by atoms with Gasteiger partial charge >= 0.3 is 11.4 Å². The van der Waals surface area contributed by atoms with Crippen LogP contribution in [0.5, 0.6) is 0 Å². The van der Waals surface area contributed by atoms with Crippen LogP contribution in [-0.4, -0.2) is 16.1 Å². The molecule has 0 fully saturated rings. The second-order valence-corrected chi connectivity index (χ2v) is 4.30. The number of nitrogens with zero attached hydrogens (tertiary/aromatic N) is 2. The van der Waals surface area contributed by atoms with Gasteiger partial charge in [-0.3, -0.25) is 25.0 Å². The van der Waals surface area contributed by atoms with Crippen molar-refractivity contribution in [1.29, 1.82) is 0 Å². The summed E-state index contributed by atoms with van der Waals surface area (Å²) in [5.41, 5.74) is -0.345. The highest BCUT2D eigenvalue weighted by Crippen LogP contribution is 2.17. The van der Waals surface area contributed by atoms with Gasteiger partial charge in [-0.25, -0.2) is 0 Å². The van der Waals surface area contributed by atoms with Crippen LogP contribution in [0.15, 0.2) is 36.4 Å². The van der Waals surface area contributed by atoms with E-state index < -0.39 is 32.9 Å². The standard InChI is InChI=1S/C7H4FNO3.C7H6FNO2/c8-6-3-5(4-10)1-2-7(6)9(11)12;1-5-2-3-7(9(10)11)6(8)4-5/h1-4H;2-4H,1H3. The Bertz CT molecular complexity index is 765. The first-order valence-corrected chi connectivity index (χ1v) is 6.06. The van der Waals surface area contributed by atoms with E-state index >= 15 is 0 Å². The molecule has 0 atom stereocenters. The van der Waals surface area contributed by atoms with Gasteiger partial charge in [0, 0.05) is 17.7 Å². The summed E-state index contributed by atoms with van der Waals surface area (Å²) in [5.74, 6) is -1.78. The quantitative estimate of drug-likeness (QED) is 0.487. The van der Waals surface area contributed by atoms with E-state index in [-0.39, 0.29) is 5.56 Å². The van der Waals surface area contributed by atoms with Gasteiger partial charge in [0.05, 0.1) is 9.85 Å². The molecule has 0 aliphatic heterocycles. The van der Waals surface area contributed by atoms with Crippen LogP contribution < -0.4 is 0 Å². The Morgan fingerprint density at radius 2 is 1.39 bits per heavy atom. The molecule has 0 bridgehead atoms. The summed E-state index contributed by atoms with van der Waals surface area (Å²) >= 11 is 0. The van der Waals surface area contributed by atoms with E-state index in [1.807, 2.05) is 0 Å².